The molecule has 0 saturated carbocycles. The van der Waals surface area contributed by atoms with Gasteiger partial charge in [-0.3, -0.25) is 0 Å². The highest BCUT2D eigenvalue weighted by atomic mass is 31.1. The summed E-state index contributed by atoms with van der Waals surface area (Å²) in [6.07, 6.45) is 3.36. The Morgan fingerprint density at radius 1 is 0.617 bits per heavy atom. The number of allylic oxidation sites excluding steroid dienone is 1. The molecule has 260 valence electrons. The molecule has 0 amide bonds. The Labute approximate surface area is 288 Å². The number of hydrogen-bond donors (Lipinski definition) is 0. The van der Waals surface area contributed by atoms with Gasteiger partial charge in [0.1, 0.15) is 17.1 Å². The molecule has 47 heavy (non-hydrogen) atoms. The van der Waals surface area contributed by atoms with Crippen LogP contribution in [0.4, 0.5) is 0 Å². The SMILES string of the molecule is Cc1cc(C(C)(C)C)cc(C(C)(C)C)c1Op1oc2c(c3cc(C(C)(C)C)cc(C(C)(C)C)c3o1)C=C(C(C)(C)C)CC2C(C)(C)C. The van der Waals surface area contributed by atoms with E-state index in [1.165, 1.54) is 27.8 Å². The molecular weight excluding hydrogens is 595 g/mol. The van der Waals surface area contributed by atoms with Gasteiger partial charge < -0.3 is 12.9 Å². The highest BCUT2D eigenvalue weighted by molar-refractivity contribution is 7.32. The van der Waals surface area contributed by atoms with E-state index < -0.39 is 8.24 Å². The summed E-state index contributed by atoms with van der Waals surface area (Å²) in [5, 5.41) is 1.12. The Kier molecular flexibility index (Phi) is 9.47. The smallest absolute Gasteiger partial charge is 0.394 e. The number of fused-ring (bicyclic) bond motifs is 3. The molecule has 0 bridgehead atoms. The van der Waals surface area contributed by atoms with E-state index >= 15 is 0 Å². The monoisotopic (exact) mass is 660 g/mol. The van der Waals surface area contributed by atoms with E-state index in [0.717, 1.165) is 40.0 Å². The second-order valence-electron chi connectivity index (χ2n) is 20.4. The molecular formula is C43H65O3P. The first-order chi connectivity index (χ1) is 21.0. The first-order valence-corrected chi connectivity index (χ1v) is 18.7. The molecule has 0 spiro atoms. The van der Waals surface area contributed by atoms with Crippen molar-refractivity contribution in [3.63, 3.8) is 0 Å². The molecule has 3 aromatic rings. The van der Waals surface area contributed by atoms with Crippen LogP contribution in [0.3, 0.4) is 0 Å². The third-order valence-corrected chi connectivity index (χ3v) is 10.8. The zero-order valence-electron chi connectivity index (χ0n) is 33.3. The fraction of sp³-hybridized carbons (Fsp3) is 0.628. The third-order valence-electron chi connectivity index (χ3n) is 9.84. The van der Waals surface area contributed by atoms with Crippen molar-refractivity contribution in [3.05, 3.63) is 69.0 Å². The van der Waals surface area contributed by atoms with Crippen molar-refractivity contribution in [2.75, 3.05) is 0 Å². The van der Waals surface area contributed by atoms with Gasteiger partial charge in [-0.1, -0.05) is 154 Å². The van der Waals surface area contributed by atoms with Crippen molar-refractivity contribution < 1.29 is 12.9 Å². The summed E-state index contributed by atoms with van der Waals surface area (Å²) in [5.74, 6) is 2.05. The summed E-state index contributed by atoms with van der Waals surface area (Å²) in [5.41, 5.74) is 9.26. The van der Waals surface area contributed by atoms with Crippen LogP contribution in [0.15, 0.2) is 38.2 Å². The summed E-state index contributed by atoms with van der Waals surface area (Å²) in [6.45, 7) is 43.5. The van der Waals surface area contributed by atoms with Crippen LogP contribution in [0, 0.1) is 17.8 Å². The lowest BCUT2D eigenvalue weighted by Crippen LogP contribution is -2.25. The van der Waals surface area contributed by atoms with Gasteiger partial charge in [-0.15, -0.1) is 0 Å². The van der Waals surface area contributed by atoms with Crippen LogP contribution >= 0.6 is 8.24 Å². The van der Waals surface area contributed by atoms with E-state index in [0.29, 0.717) is 0 Å². The standard InChI is InChI=1S/C43H65O3P/c1-26-20-27(38(2,3)4)23-32(41(11,12)13)35(26)44-47-45-36-30(21-28(39(5,6)7)24-33(36)42(14,15)16)31-22-29(40(8,9)10)25-34(37(31)46-47)43(17,18)19/h20-24,34H,25H2,1-19H3. The molecule has 2 aromatic carbocycles. The first kappa shape index (κ1) is 37.4. The summed E-state index contributed by atoms with van der Waals surface area (Å²) < 4.78 is 21.4. The minimum atomic E-state index is -1.83. The Morgan fingerprint density at radius 2 is 1.13 bits per heavy atom. The van der Waals surface area contributed by atoms with E-state index in [4.69, 9.17) is 12.9 Å². The second-order valence-corrected chi connectivity index (χ2v) is 21.4. The van der Waals surface area contributed by atoms with E-state index in [2.05, 4.69) is 162 Å². The number of hydrogen-bond acceptors (Lipinski definition) is 3. The summed E-state index contributed by atoms with van der Waals surface area (Å²) in [6, 6.07) is 9.35. The Morgan fingerprint density at radius 3 is 1.60 bits per heavy atom. The molecule has 4 heteroatoms. The van der Waals surface area contributed by atoms with Crippen LogP contribution in [0.1, 0.15) is 176 Å². The van der Waals surface area contributed by atoms with Crippen LogP contribution in [0.25, 0.3) is 17.0 Å². The molecule has 1 aliphatic carbocycles. The van der Waals surface area contributed by atoms with Crippen molar-refractivity contribution in [1.29, 1.82) is 0 Å². The average Bonchev–Trinajstić information content (AvgIpc) is 3.01. The van der Waals surface area contributed by atoms with E-state index in [1.807, 2.05) is 0 Å². The van der Waals surface area contributed by atoms with Gasteiger partial charge in [-0.05, 0) is 68.6 Å². The molecule has 0 saturated heterocycles. The summed E-state index contributed by atoms with van der Waals surface area (Å²) >= 11 is 0. The van der Waals surface area contributed by atoms with Gasteiger partial charge in [0.15, 0.2) is 0 Å². The lowest BCUT2D eigenvalue weighted by Gasteiger charge is -2.37. The molecule has 0 aliphatic heterocycles. The Bertz CT molecular complexity index is 1720. The second kappa shape index (κ2) is 11.9. The highest BCUT2D eigenvalue weighted by Gasteiger charge is 2.38. The van der Waals surface area contributed by atoms with Crippen molar-refractivity contribution in [2.24, 2.45) is 10.8 Å². The van der Waals surface area contributed by atoms with Gasteiger partial charge in [0.05, 0.1) is 0 Å². The Balaban J connectivity index is 2.23. The molecule has 2 unspecified atom stereocenters. The van der Waals surface area contributed by atoms with Crippen molar-refractivity contribution in [2.45, 2.75) is 166 Å². The van der Waals surface area contributed by atoms with Gasteiger partial charge in [0.2, 0.25) is 0 Å². The molecule has 0 fully saturated rings. The fourth-order valence-electron chi connectivity index (χ4n) is 6.44. The van der Waals surface area contributed by atoms with Gasteiger partial charge in [0.25, 0.3) is 0 Å². The lowest BCUT2D eigenvalue weighted by molar-refractivity contribution is 0.267. The molecule has 4 rings (SSSR count). The van der Waals surface area contributed by atoms with Crippen LogP contribution in [-0.2, 0) is 21.7 Å². The molecule has 0 radical (unpaired) electrons. The number of rotatable bonds is 2. The molecule has 1 heterocycles. The van der Waals surface area contributed by atoms with Crippen molar-refractivity contribution in [1.82, 2.24) is 0 Å². The van der Waals surface area contributed by atoms with Gasteiger partial charge >= 0.3 is 8.24 Å². The molecule has 2 atom stereocenters. The van der Waals surface area contributed by atoms with E-state index in [9.17, 15) is 0 Å². The topological polar surface area (TPSA) is 35.5 Å². The molecule has 3 nitrogen and oxygen atoms in total. The molecule has 0 N–H and O–H groups in total. The maximum Gasteiger partial charge on any atom is 0.452 e. The average molecular weight is 661 g/mol. The number of benzene rings is 2. The van der Waals surface area contributed by atoms with Gasteiger partial charge in [-0.2, -0.15) is 0 Å². The maximum atomic E-state index is 7.17. The normalized spacial score (nSPS) is 17.0. The Hall–Kier alpha value is -2.38. The summed E-state index contributed by atoms with van der Waals surface area (Å²) in [4.78, 5) is 0. The zero-order chi connectivity index (χ0) is 35.9. The van der Waals surface area contributed by atoms with Gasteiger partial charge in [-0.25, -0.2) is 0 Å². The van der Waals surface area contributed by atoms with Crippen molar-refractivity contribution >= 4 is 25.3 Å². The summed E-state index contributed by atoms with van der Waals surface area (Å²) in [7, 11) is -1.83. The predicted molar refractivity (Wildman–Crippen MR) is 205 cm³/mol. The fourth-order valence-corrected chi connectivity index (χ4v) is 7.67. The predicted octanol–water partition coefficient (Wildman–Crippen LogP) is 14.4. The lowest BCUT2D eigenvalue weighted by atomic mass is 9.67. The van der Waals surface area contributed by atoms with Crippen molar-refractivity contribution in [3.8, 4) is 5.75 Å². The number of aryl methyl sites for hydroxylation is 1. The largest absolute Gasteiger partial charge is 0.452 e. The molecule has 1 aromatic heterocycles. The van der Waals surface area contributed by atoms with Crippen LogP contribution < -0.4 is 4.52 Å². The van der Waals surface area contributed by atoms with Crippen LogP contribution in [0.5, 0.6) is 5.75 Å². The highest BCUT2D eigenvalue weighted by Crippen LogP contribution is 2.53. The third kappa shape index (κ3) is 7.93. The van der Waals surface area contributed by atoms with Crippen LogP contribution in [0.2, 0.25) is 0 Å². The first-order valence-electron chi connectivity index (χ1n) is 17.6. The van der Waals surface area contributed by atoms with E-state index in [-0.39, 0.29) is 38.4 Å². The van der Waals surface area contributed by atoms with Crippen LogP contribution in [-0.4, -0.2) is 0 Å². The zero-order valence-corrected chi connectivity index (χ0v) is 34.2. The van der Waals surface area contributed by atoms with Gasteiger partial charge in [0, 0.05) is 28.0 Å². The minimum absolute atomic E-state index is 0.0219. The maximum absolute atomic E-state index is 7.17. The van der Waals surface area contributed by atoms with E-state index in [1.54, 1.807) is 0 Å². The minimum Gasteiger partial charge on any atom is -0.394 e. The molecule has 1 aliphatic rings. The quantitative estimate of drug-likeness (QED) is 0.274.